The van der Waals surface area contributed by atoms with Crippen LogP contribution in [0.15, 0.2) is 109 Å². The summed E-state index contributed by atoms with van der Waals surface area (Å²) in [5.74, 6) is -0.824. The number of amides is 6. The van der Waals surface area contributed by atoms with Gasteiger partial charge >= 0.3 is 24.3 Å². The Bertz CT molecular complexity index is 6060. The molecule has 0 spiro atoms. The lowest BCUT2D eigenvalue weighted by Crippen LogP contribution is -2.47. The number of anilines is 6. The van der Waals surface area contributed by atoms with Crippen molar-refractivity contribution >= 4 is 133 Å². The Kier molecular flexibility index (Phi) is 30.2. The number of carbonyl (C=O) groups excluding carboxylic acids is 6. The molecule has 0 aliphatic carbocycles. The molecule has 129 heavy (non-hydrogen) atoms. The molecule has 3 fully saturated rings. The highest BCUT2D eigenvalue weighted by atomic mass is 32.2. The molecule has 0 bridgehead atoms. The minimum Gasteiger partial charge on any atom is -0.492 e. The van der Waals surface area contributed by atoms with Gasteiger partial charge in [0.05, 0.1) is 97.4 Å². The zero-order valence-corrected chi connectivity index (χ0v) is 79.5. The molecule has 0 saturated carbocycles. The number of halogens is 3. The highest BCUT2D eigenvalue weighted by molar-refractivity contribution is 7.92. The van der Waals surface area contributed by atoms with E-state index in [2.05, 4.69) is 30.1 Å². The molecule has 3 aliphatic rings. The van der Waals surface area contributed by atoms with Crippen LogP contribution in [0.3, 0.4) is 0 Å². The number of hydrogen-bond donors (Lipinski definition) is 6. The van der Waals surface area contributed by atoms with Crippen molar-refractivity contribution in [3.63, 3.8) is 0 Å². The largest absolute Gasteiger partial charge is 0.492 e. The summed E-state index contributed by atoms with van der Waals surface area (Å²) in [5.41, 5.74) is 5.58. The first-order chi connectivity index (χ1) is 60.0. The summed E-state index contributed by atoms with van der Waals surface area (Å²) in [6.07, 6.45) is 0.104. The number of alkyl halides is 3. The third-order valence-corrected chi connectivity index (χ3v) is 23.5. The smallest absolute Gasteiger partial charge is 0.471 e. The van der Waals surface area contributed by atoms with E-state index in [1.54, 1.807) is 124 Å². The number of piperidine rings is 3. The van der Waals surface area contributed by atoms with E-state index in [9.17, 15) is 67.2 Å². The van der Waals surface area contributed by atoms with E-state index in [1.165, 1.54) is 21.3 Å². The summed E-state index contributed by atoms with van der Waals surface area (Å²) in [5, 5.41) is 11.1. The van der Waals surface area contributed by atoms with Crippen molar-refractivity contribution in [3.05, 3.63) is 143 Å². The molecule has 32 nitrogen and oxygen atoms in total. The van der Waals surface area contributed by atoms with Crippen molar-refractivity contribution in [1.82, 2.24) is 28.4 Å². The number of sulfonamides is 3. The van der Waals surface area contributed by atoms with Crippen LogP contribution in [-0.2, 0) is 81.7 Å². The van der Waals surface area contributed by atoms with Crippen molar-refractivity contribution in [3.8, 4) is 34.5 Å². The van der Waals surface area contributed by atoms with Gasteiger partial charge in [-0.3, -0.25) is 33.3 Å². The van der Waals surface area contributed by atoms with Gasteiger partial charge in [0.2, 0.25) is 30.1 Å². The quantitative estimate of drug-likeness (QED) is 0.0367. The van der Waals surface area contributed by atoms with Crippen molar-refractivity contribution < 1.29 is 105 Å². The molecule has 6 N–H and O–H groups in total. The lowest BCUT2D eigenvalue weighted by Gasteiger charge is -2.33. The van der Waals surface area contributed by atoms with Crippen molar-refractivity contribution in [1.29, 1.82) is 0 Å². The molecule has 6 aromatic carbocycles. The minimum absolute atomic E-state index is 0.0780. The first-order valence-electron chi connectivity index (χ1n) is 42.0. The molecular formula is C91H119F3N12O20S3. The molecule has 38 heteroatoms. The number of aryl methyl sites for hydroxylation is 3. The average Bonchev–Trinajstić information content (AvgIpc) is 1.71. The molecule has 12 rings (SSSR count). The van der Waals surface area contributed by atoms with Gasteiger partial charge in [0.1, 0.15) is 58.2 Å². The van der Waals surface area contributed by atoms with Gasteiger partial charge in [-0.15, -0.1) is 0 Å². The Hall–Kier alpha value is -11.8. The van der Waals surface area contributed by atoms with Crippen LogP contribution >= 0.6 is 0 Å². The van der Waals surface area contributed by atoms with Gasteiger partial charge in [-0.05, 0) is 133 Å². The first kappa shape index (κ1) is 99.4. The highest BCUT2D eigenvalue weighted by Gasteiger charge is 2.44. The monoisotopic (exact) mass is 1850 g/mol. The van der Waals surface area contributed by atoms with Crippen molar-refractivity contribution in [2.45, 2.75) is 175 Å². The number of hydrogen-bond acceptors (Lipinski definition) is 20. The van der Waals surface area contributed by atoms with E-state index in [4.69, 9.17) is 37.9 Å². The summed E-state index contributed by atoms with van der Waals surface area (Å²) >= 11 is 0. The molecular weight excluding hydrogens is 1730 g/mol. The van der Waals surface area contributed by atoms with E-state index in [1.807, 2.05) is 119 Å². The van der Waals surface area contributed by atoms with Crippen molar-refractivity contribution in [2.75, 3.05) is 116 Å². The van der Waals surface area contributed by atoms with Gasteiger partial charge in [0, 0.05) is 115 Å². The molecule has 0 atom stereocenters. The van der Waals surface area contributed by atoms with Gasteiger partial charge in [-0.2, -0.15) is 13.2 Å². The van der Waals surface area contributed by atoms with Crippen LogP contribution in [0, 0.1) is 0 Å². The number of aromatic nitrogens is 3. The maximum Gasteiger partial charge on any atom is 0.471 e. The van der Waals surface area contributed by atoms with Crippen LogP contribution in [-0.4, -0.2) is 206 Å². The number of fused-ring (bicyclic) bond motifs is 3. The fraction of sp³-hybridized carbons (Fsp3) is 0.473. The summed E-state index contributed by atoms with van der Waals surface area (Å²) in [4.78, 5) is 81.3. The van der Waals surface area contributed by atoms with Crippen LogP contribution in [0.1, 0.15) is 177 Å². The van der Waals surface area contributed by atoms with Crippen LogP contribution < -0.4 is 58.5 Å². The number of ether oxygens (including phenoxy) is 8. The summed E-state index contributed by atoms with van der Waals surface area (Å²) in [7, 11) is -1.36. The lowest BCUT2D eigenvalue weighted by atomic mass is 9.86. The molecule has 6 heterocycles. The summed E-state index contributed by atoms with van der Waals surface area (Å²) < 4.78 is 170. The molecule has 702 valence electrons. The third-order valence-electron chi connectivity index (χ3n) is 21.8. The Morgan fingerprint density at radius 1 is 0.395 bits per heavy atom. The fourth-order valence-corrected chi connectivity index (χ4v) is 17.0. The van der Waals surface area contributed by atoms with Gasteiger partial charge in [0.15, 0.2) is 17.2 Å². The molecule has 3 saturated heterocycles. The molecule has 9 aromatic rings. The zero-order valence-electron chi connectivity index (χ0n) is 77.0. The topological polar surface area (TPSA) is 375 Å². The van der Waals surface area contributed by atoms with Crippen LogP contribution in [0.2, 0.25) is 0 Å². The number of nitrogens with zero attached hydrogens (tertiary/aromatic N) is 6. The first-order valence-corrected chi connectivity index (χ1v) is 47.7. The fourth-order valence-electron chi connectivity index (χ4n) is 15.3. The number of likely N-dealkylation sites (tertiary alicyclic amines) is 3. The number of rotatable bonds is 22. The predicted molar refractivity (Wildman–Crippen MR) is 493 cm³/mol. The van der Waals surface area contributed by atoms with E-state index in [0.29, 0.717) is 109 Å². The lowest BCUT2D eigenvalue weighted by molar-refractivity contribution is -0.187. The van der Waals surface area contributed by atoms with Crippen LogP contribution in [0.4, 0.5) is 56.9 Å². The molecule has 3 aromatic heterocycles. The Balaban J connectivity index is 0.000000201. The number of benzene rings is 6. The van der Waals surface area contributed by atoms with Gasteiger partial charge < -0.3 is 82.2 Å². The predicted octanol–water partition coefficient (Wildman–Crippen LogP) is 16.0. The van der Waals surface area contributed by atoms with E-state index < -0.39 is 71.6 Å². The Morgan fingerprint density at radius 3 is 0.899 bits per heavy atom. The molecule has 3 aliphatic heterocycles. The maximum absolute atomic E-state index is 13.7. The number of para-hydroxylation sites is 3. The average molecular weight is 1850 g/mol. The summed E-state index contributed by atoms with van der Waals surface area (Å²) in [6, 6.07) is 32.3. The van der Waals surface area contributed by atoms with E-state index >= 15 is 0 Å². The van der Waals surface area contributed by atoms with Crippen molar-refractivity contribution in [2.24, 2.45) is 21.1 Å². The molecule has 0 unspecified atom stereocenters. The van der Waals surface area contributed by atoms with Crippen LogP contribution in [0.5, 0.6) is 34.5 Å². The molecule has 0 radical (unpaired) electrons. The highest BCUT2D eigenvalue weighted by Crippen LogP contribution is 2.45. The standard InChI is InChI=1S/C32H44N4O7S.C30H40N4O7S.C29H35F3N4O6S/c1-31(2,3)21-18-23(28(41-8)24(19-21)34-44(9,39)40)33-29(37)25-17-20-11-10-12-26(27(20)35(25)7)42-22-13-15-36(16-14-22)30(38)43-32(4,5)6;1-8-40-29(36)34-14-12-21(13-15-34)41-25-11-9-10-19-16-24(33(5)26(19)25)28(35)31-22-17-20(30(2,3)4)18-23(27(22)39-6)32-42(7,37)38;1-28(2,3)18-15-20(25(41-5)21(16-18)34-43(6,39)40)33-26(37)22-14-17-8-7-9-23(24(17)35(22)4)42-19-10-12-36(13-11-19)27(38)29(30,31)32/h10-12,17-19,22,34H,13-16H2,1-9H3,(H,33,37);9-11,16-18,21,32H,8,12-15H2,1-7H3,(H,31,35);7-9,14-16,19,34H,10-13H2,1-6H3,(H,33,37). The number of carbonyl (C=O) groups is 6. The zero-order chi connectivity index (χ0) is 95.3. The van der Waals surface area contributed by atoms with Gasteiger partial charge in [-0.25, -0.2) is 34.8 Å². The molecule has 6 amide bonds. The number of nitrogens with one attached hydrogen (secondary N) is 6. The second kappa shape index (κ2) is 39.3. The second-order valence-electron chi connectivity index (χ2n) is 36.3. The van der Waals surface area contributed by atoms with E-state index in [0.717, 1.165) is 62.2 Å². The minimum atomic E-state index is -4.91. The van der Waals surface area contributed by atoms with Gasteiger partial charge in [0.25, 0.3) is 17.7 Å². The van der Waals surface area contributed by atoms with Gasteiger partial charge in [-0.1, -0.05) is 98.7 Å². The normalized spacial score (nSPS) is 14.8. The number of methoxy groups -OCH3 is 3. The maximum atomic E-state index is 13.7. The Morgan fingerprint density at radius 2 is 0.659 bits per heavy atom. The summed E-state index contributed by atoms with van der Waals surface area (Å²) in [6.45, 7) is 27.5. The van der Waals surface area contributed by atoms with E-state index in [-0.39, 0.29) is 112 Å². The van der Waals surface area contributed by atoms with Crippen LogP contribution in [0.25, 0.3) is 32.7 Å². The third kappa shape index (κ3) is 25.2. The Labute approximate surface area is 751 Å². The second-order valence-corrected chi connectivity index (χ2v) is 41.5. The SMILES string of the molecule is CCOC(=O)N1CCC(Oc2cccc3cc(C(=O)Nc4cc(C(C)(C)C)cc(NS(C)(=O)=O)c4OC)n(C)c23)CC1.COc1c(NC(=O)c2cc3cccc(OC4CCN(C(=O)C(F)(F)F)CC4)c3n2C)cc(C(C)(C)C)cc1NS(C)(=O)=O.COc1c(NC(=O)c2cc3cccc(OC4CCN(C(=O)OC(C)(C)C)CC4)c3n2C)cc(C(C)(C)C)cc1NS(C)(=O)=O.